The van der Waals surface area contributed by atoms with E-state index in [1.54, 1.807) is 20.8 Å². The van der Waals surface area contributed by atoms with Crippen LogP contribution in [0.3, 0.4) is 0 Å². The average Bonchev–Trinajstić information content (AvgIpc) is 2.83. The van der Waals surface area contributed by atoms with E-state index in [2.05, 4.69) is 5.32 Å². The number of rotatable bonds is 8. The highest BCUT2D eigenvalue weighted by atomic mass is 32.2. The SMILES string of the molecule is CC(C)(C)C(=O)SCCO[P+](=O)OCC1(F)OC(N2C=CC(=O)NC2O)C(C)(O)C1O. The van der Waals surface area contributed by atoms with E-state index >= 15 is 4.39 Å². The van der Waals surface area contributed by atoms with Crippen molar-refractivity contribution in [3.8, 4) is 0 Å². The molecule has 31 heavy (non-hydrogen) atoms. The summed E-state index contributed by atoms with van der Waals surface area (Å²) in [5, 5.41) is 32.8. The molecule has 1 amide bonds. The molecule has 2 heterocycles. The first-order valence-corrected chi connectivity index (χ1v) is 11.4. The molecule has 4 N–H and O–H groups in total. The zero-order valence-corrected chi connectivity index (χ0v) is 19.2. The second kappa shape index (κ2) is 9.75. The normalized spacial score (nSPS) is 34.1. The number of aliphatic hydroxyl groups is 3. The number of carbonyl (C=O) groups excluding carboxylic acids is 2. The Kier molecular flexibility index (Phi) is 8.20. The van der Waals surface area contributed by atoms with Crippen molar-refractivity contribution in [3.05, 3.63) is 12.3 Å². The van der Waals surface area contributed by atoms with E-state index in [9.17, 15) is 29.5 Å². The van der Waals surface area contributed by atoms with Gasteiger partial charge in [-0.3, -0.25) is 9.59 Å². The number of aliphatic hydroxyl groups excluding tert-OH is 2. The number of nitrogens with zero attached hydrogens (tertiary/aromatic N) is 1. The predicted molar refractivity (Wildman–Crippen MR) is 107 cm³/mol. The minimum Gasteiger partial charge on any atom is -0.384 e. The van der Waals surface area contributed by atoms with Crippen molar-refractivity contribution in [2.45, 2.75) is 57.8 Å². The van der Waals surface area contributed by atoms with Crippen LogP contribution in [-0.2, 0) is 27.9 Å². The van der Waals surface area contributed by atoms with Gasteiger partial charge >= 0.3 is 8.25 Å². The summed E-state index contributed by atoms with van der Waals surface area (Å²) in [5.41, 5.74) is -2.77. The zero-order valence-electron chi connectivity index (χ0n) is 17.5. The number of ether oxygens (including phenoxy) is 1. The Morgan fingerprint density at radius 1 is 1.42 bits per heavy atom. The second-order valence-corrected chi connectivity index (χ2v) is 10.3. The topological polar surface area (TPSA) is 155 Å². The van der Waals surface area contributed by atoms with E-state index in [1.165, 1.54) is 0 Å². The fourth-order valence-electron chi connectivity index (χ4n) is 2.75. The van der Waals surface area contributed by atoms with Crippen LogP contribution in [0.5, 0.6) is 0 Å². The van der Waals surface area contributed by atoms with Gasteiger partial charge in [0.05, 0.1) is 0 Å². The summed E-state index contributed by atoms with van der Waals surface area (Å²) in [6, 6.07) is 0. The molecule has 0 aromatic carbocycles. The smallest absolute Gasteiger partial charge is 0.384 e. The molecule has 0 radical (unpaired) electrons. The largest absolute Gasteiger partial charge is 0.697 e. The molecule has 6 unspecified atom stereocenters. The third-order valence-corrected chi connectivity index (χ3v) is 6.46. The van der Waals surface area contributed by atoms with Crippen LogP contribution >= 0.6 is 20.0 Å². The van der Waals surface area contributed by atoms with E-state index in [0.717, 1.165) is 35.9 Å². The van der Waals surface area contributed by atoms with E-state index in [4.69, 9.17) is 13.8 Å². The highest BCUT2D eigenvalue weighted by Crippen LogP contribution is 2.43. The number of hydrogen-bond acceptors (Lipinski definition) is 11. The van der Waals surface area contributed by atoms with Crippen LogP contribution in [0.15, 0.2) is 12.3 Å². The van der Waals surface area contributed by atoms with Gasteiger partial charge in [0.15, 0.2) is 18.0 Å². The van der Waals surface area contributed by atoms with Gasteiger partial charge in [-0.1, -0.05) is 32.5 Å². The first-order valence-electron chi connectivity index (χ1n) is 9.30. The summed E-state index contributed by atoms with van der Waals surface area (Å²) in [6.07, 6.45) is -3.31. The average molecular weight is 485 g/mol. The summed E-state index contributed by atoms with van der Waals surface area (Å²) in [6.45, 7) is 5.19. The third kappa shape index (κ3) is 6.20. The molecule has 2 aliphatic rings. The van der Waals surface area contributed by atoms with Gasteiger partial charge < -0.3 is 30.3 Å². The maximum Gasteiger partial charge on any atom is 0.697 e. The van der Waals surface area contributed by atoms with Gasteiger partial charge in [0, 0.05) is 28.0 Å². The van der Waals surface area contributed by atoms with Gasteiger partial charge in [0.25, 0.3) is 5.85 Å². The van der Waals surface area contributed by atoms with Gasteiger partial charge in [-0.25, -0.2) is 4.39 Å². The van der Waals surface area contributed by atoms with Crippen molar-refractivity contribution < 1.29 is 47.6 Å². The van der Waals surface area contributed by atoms with E-state index in [1.807, 2.05) is 0 Å². The maximum atomic E-state index is 15.2. The molecule has 1 fully saturated rings. The van der Waals surface area contributed by atoms with E-state index in [0.29, 0.717) is 0 Å². The zero-order chi connectivity index (χ0) is 23.6. The van der Waals surface area contributed by atoms with Crippen LogP contribution in [-0.4, -0.2) is 80.3 Å². The maximum absolute atomic E-state index is 15.2. The van der Waals surface area contributed by atoms with Crippen molar-refractivity contribution >= 4 is 31.0 Å². The van der Waals surface area contributed by atoms with Crippen LogP contribution in [0.1, 0.15) is 27.7 Å². The summed E-state index contributed by atoms with van der Waals surface area (Å²) in [4.78, 5) is 23.9. The number of halogens is 1. The molecule has 0 aromatic rings. The Balaban J connectivity index is 1.90. The number of carbonyl (C=O) groups is 2. The number of thioether (sulfide) groups is 1. The Morgan fingerprint density at radius 2 is 2.06 bits per heavy atom. The van der Waals surface area contributed by atoms with Crippen LogP contribution in [0.25, 0.3) is 0 Å². The number of nitrogens with one attached hydrogen (secondary N) is 1. The summed E-state index contributed by atoms with van der Waals surface area (Å²) < 4.78 is 41.9. The number of amides is 1. The van der Waals surface area contributed by atoms with Gasteiger partial charge in [0.2, 0.25) is 12.3 Å². The fraction of sp³-hybridized carbons (Fsp3) is 0.765. The number of hydrogen-bond donors (Lipinski definition) is 4. The summed E-state index contributed by atoms with van der Waals surface area (Å²) in [7, 11) is -2.80. The Labute approximate surface area is 183 Å². The second-order valence-electron chi connectivity index (χ2n) is 8.25. The lowest BCUT2D eigenvalue weighted by Crippen LogP contribution is -2.59. The van der Waals surface area contributed by atoms with Gasteiger partial charge in [-0.2, -0.15) is 0 Å². The lowest BCUT2D eigenvalue weighted by atomic mass is 9.95. The standard InChI is InChI=1S/C17H26FN2O9PS/c1-15(2,3)13(23)31-8-7-27-30(26)28-9-17(18)11(22)16(4,25)12(29-17)20-6-5-10(21)19-14(20)24/h5-6,11-12,14,22,24-25H,7-9H2,1-4H3/p+1. The van der Waals surface area contributed by atoms with Crippen LogP contribution in [0.2, 0.25) is 0 Å². The van der Waals surface area contributed by atoms with Crippen LogP contribution in [0.4, 0.5) is 4.39 Å². The van der Waals surface area contributed by atoms with Crippen molar-refractivity contribution in [1.82, 2.24) is 10.2 Å². The monoisotopic (exact) mass is 485 g/mol. The molecule has 6 atom stereocenters. The van der Waals surface area contributed by atoms with Crippen molar-refractivity contribution in [3.63, 3.8) is 0 Å². The molecule has 2 aliphatic heterocycles. The molecule has 2 rings (SSSR count). The quantitative estimate of drug-likeness (QED) is 0.278. The summed E-state index contributed by atoms with van der Waals surface area (Å²) in [5.74, 6) is -3.40. The molecule has 0 bridgehead atoms. The first-order chi connectivity index (χ1) is 14.2. The molecule has 0 saturated carbocycles. The highest BCUT2D eigenvalue weighted by molar-refractivity contribution is 8.13. The van der Waals surface area contributed by atoms with Crippen LogP contribution < -0.4 is 5.32 Å². The predicted octanol–water partition coefficient (Wildman–Crippen LogP) is 0.338. The molecular formula is C17H27FN2O9PS+. The van der Waals surface area contributed by atoms with Crippen molar-refractivity contribution in [1.29, 1.82) is 0 Å². The van der Waals surface area contributed by atoms with E-state index in [-0.39, 0.29) is 17.5 Å². The fourth-order valence-corrected chi connectivity index (χ4v) is 4.25. The lowest BCUT2D eigenvalue weighted by Gasteiger charge is -2.38. The molecule has 14 heteroatoms. The minimum atomic E-state index is -2.99. The van der Waals surface area contributed by atoms with Gasteiger partial charge in [-0.15, -0.1) is 9.05 Å². The van der Waals surface area contributed by atoms with Crippen molar-refractivity contribution in [2.24, 2.45) is 5.41 Å². The summed E-state index contributed by atoms with van der Waals surface area (Å²) >= 11 is 0.999. The lowest BCUT2D eigenvalue weighted by molar-refractivity contribution is -0.225. The first kappa shape index (κ1) is 26.1. The van der Waals surface area contributed by atoms with Crippen molar-refractivity contribution in [2.75, 3.05) is 19.0 Å². The molecular weight excluding hydrogens is 458 g/mol. The third-order valence-electron chi connectivity index (χ3n) is 4.48. The molecule has 0 aliphatic carbocycles. The number of alkyl halides is 1. The Bertz CT molecular complexity index is 748. The van der Waals surface area contributed by atoms with Gasteiger partial charge in [-0.05, 0) is 6.92 Å². The molecule has 0 spiro atoms. The molecule has 11 nitrogen and oxygen atoms in total. The molecule has 176 valence electrons. The van der Waals surface area contributed by atoms with Crippen LogP contribution in [0, 0.1) is 5.41 Å². The Hall–Kier alpha value is -1.18. The van der Waals surface area contributed by atoms with E-state index < -0.39 is 56.3 Å². The highest BCUT2D eigenvalue weighted by Gasteiger charge is 2.65. The molecule has 1 saturated heterocycles. The Morgan fingerprint density at radius 3 is 2.65 bits per heavy atom. The van der Waals surface area contributed by atoms with Gasteiger partial charge in [0.1, 0.15) is 18.3 Å². The minimum absolute atomic E-state index is 0.0733. The molecule has 0 aromatic heterocycles.